The number of carbonyl (C=O) groups excluding carboxylic acids is 2. The Hall–Kier alpha value is -2.60. The first-order chi connectivity index (χ1) is 27.8. The van der Waals surface area contributed by atoms with Crippen LogP contribution in [0.4, 0.5) is 0 Å². The van der Waals surface area contributed by atoms with Crippen LogP contribution in [0.15, 0.2) is 60.8 Å². The van der Waals surface area contributed by atoms with Crippen LogP contribution in [-0.2, 0) is 28.5 Å². The molecule has 1 fully saturated rings. The van der Waals surface area contributed by atoms with E-state index in [1.165, 1.54) is 64.2 Å². The summed E-state index contributed by atoms with van der Waals surface area (Å²) in [6.45, 7) is 3.32. The Morgan fingerprint density at radius 2 is 0.982 bits per heavy atom. The number of esters is 2. The largest absolute Gasteiger partial charge is 0.462 e. The summed E-state index contributed by atoms with van der Waals surface area (Å²) in [5.41, 5.74) is 0. The van der Waals surface area contributed by atoms with E-state index in [1.54, 1.807) is 0 Å². The molecule has 10 heteroatoms. The molecular formula is C47H80O10. The molecule has 1 aliphatic rings. The maximum Gasteiger partial charge on any atom is 0.306 e. The fourth-order valence-electron chi connectivity index (χ4n) is 6.28. The molecule has 0 spiro atoms. The zero-order valence-corrected chi connectivity index (χ0v) is 35.6. The van der Waals surface area contributed by atoms with Gasteiger partial charge in [0.05, 0.1) is 13.2 Å². The summed E-state index contributed by atoms with van der Waals surface area (Å²) in [5, 5.41) is 40.0. The Morgan fingerprint density at radius 1 is 0.544 bits per heavy atom. The average Bonchev–Trinajstić information content (AvgIpc) is 3.21. The Kier molecular flexibility index (Phi) is 34.6. The third kappa shape index (κ3) is 29.3. The van der Waals surface area contributed by atoms with Crippen LogP contribution in [0.3, 0.4) is 0 Å². The zero-order chi connectivity index (χ0) is 41.6. The topological polar surface area (TPSA) is 152 Å². The lowest BCUT2D eigenvalue weighted by molar-refractivity contribution is -0.305. The van der Waals surface area contributed by atoms with Crippen molar-refractivity contribution in [2.45, 2.75) is 205 Å². The molecular weight excluding hydrogens is 725 g/mol. The van der Waals surface area contributed by atoms with Crippen LogP contribution in [0, 0.1) is 0 Å². The number of ether oxygens (including phenoxy) is 4. The Balaban J connectivity index is 2.38. The normalized spacial score (nSPS) is 20.8. The monoisotopic (exact) mass is 805 g/mol. The van der Waals surface area contributed by atoms with E-state index in [2.05, 4.69) is 74.6 Å². The Morgan fingerprint density at radius 3 is 1.53 bits per heavy atom. The molecule has 0 radical (unpaired) electrons. The van der Waals surface area contributed by atoms with Crippen molar-refractivity contribution >= 4 is 11.9 Å². The van der Waals surface area contributed by atoms with Gasteiger partial charge in [0.1, 0.15) is 31.0 Å². The SMILES string of the molecule is CCCCC/C=C/C/C=C/C/C=C/C/C=C/CCCCCC(=O)O[C@H](COC(=O)CCCCC/C=C/CCCCCCCC)CO[C@@H]1O[C@H](CO)[C@H](O)C(O)C1O. The first-order valence-electron chi connectivity index (χ1n) is 22.4. The second kappa shape index (κ2) is 37.7. The quantitative estimate of drug-likeness (QED) is 0.0274. The van der Waals surface area contributed by atoms with Gasteiger partial charge in [-0.05, 0) is 83.5 Å². The van der Waals surface area contributed by atoms with Gasteiger partial charge in [-0.2, -0.15) is 0 Å². The molecule has 0 aromatic heterocycles. The smallest absolute Gasteiger partial charge is 0.306 e. The lowest BCUT2D eigenvalue weighted by Crippen LogP contribution is -2.59. The fraction of sp³-hybridized carbons (Fsp3) is 0.745. The van der Waals surface area contributed by atoms with Gasteiger partial charge in [-0.3, -0.25) is 9.59 Å². The van der Waals surface area contributed by atoms with E-state index in [1.807, 2.05) is 0 Å². The maximum atomic E-state index is 12.8. The second-order valence-electron chi connectivity index (χ2n) is 15.1. The fourth-order valence-corrected chi connectivity index (χ4v) is 6.28. The van der Waals surface area contributed by atoms with Crippen molar-refractivity contribution in [3.8, 4) is 0 Å². The summed E-state index contributed by atoms with van der Waals surface area (Å²) >= 11 is 0. The van der Waals surface area contributed by atoms with Crippen molar-refractivity contribution in [3.63, 3.8) is 0 Å². The van der Waals surface area contributed by atoms with Crippen molar-refractivity contribution < 1.29 is 49.0 Å². The van der Waals surface area contributed by atoms with E-state index in [0.717, 1.165) is 64.2 Å². The minimum atomic E-state index is -1.60. The lowest BCUT2D eigenvalue weighted by Gasteiger charge is -2.39. The molecule has 57 heavy (non-hydrogen) atoms. The highest BCUT2D eigenvalue weighted by Crippen LogP contribution is 2.22. The highest BCUT2D eigenvalue weighted by atomic mass is 16.7. The number of carbonyl (C=O) groups is 2. The standard InChI is InChI=1S/C47H80O10/c1-3-5-7-9-11-13-15-17-18-19-20-21-22-24-26-28-30-32-34-36-43(50)56-40(39-55-47-46(53)45(52)44(51)41(37-48)57-47)38-54-42(49)35-33-31-29-27-25-23-16-14-12-10-8-6-4-2/h11,13,17-18,20-21,23-26,40-41,44-48,51-53H,3-10,12,14-16,19,22,27-39H2,1-2H3/b13-11+,18-17+,21-20+,25-23+,26-24+/t40-,41-,44+,45?,46?,47-/m1/s1. The van der Waals surface area contributed by atoms with Gasteiger partial charge in [0.15, 0.2) is 12.4 Å². The molecule has 1 aliphatic heterocycles. The van der Waals surface area contributed by atoms with Gasteiger partial charge in [0.25, 0.3) is 0 Å². The third-order valence-corrected chi connectivity index (χ3v) is 9.88. The van der Waals surface area contributed by atoms with Crippen molar-refractivity contribution in [2.75, 3.05) is 19.8 Å². The molecule has 1 saturated heterocycles. The number of rotatable bonds is 36. The summed E-state index contributed by atoms with van der Waals surface area (Å²) in [7, 11) is 0. The first-order valence-corrected chi connectivity index (χ1v) is 22.4. The molecule has 0 aliphatic carbocycles. The molecule has 1 heterocycles. The van der Waals surface area contributed by atoms with Crippen molar-refractivity contribution in [3.05, 3.63) is 60.8 Å². The minimum Gasteiger partial charge on any atom is -0.462 e. The van der Waals surface area contributed by atoms with Gasteiger partial charge >= 0.3 is 11.9 Å². The molecule has 1 rings (SSSR count). The van der Waals surface area contributed by atoms with Crippen LogP contribution in [-0.4, -0.2) is 89.0 Å². The minimum absolute atomic E-state index is 0.187. The first kappa shape index (κ1) is 52.4. The third-order valence-electron chi connectivity index (χ3n) is 9.88. The van der Waals surface area contributed by atoms with Crippen LogP contribution >= 0.6 is 0 Å². The molecule has 0 saturated carbocycles. The van der Waals surface area contributed by atoms with Gasteiger partial charge in [-0.15, -0.1) is 0 Å². The molecule has 2 unspecified atom stereocenters. The summed E-state index contributed by atoms with van der Waals surface area (Å²) in [6.07, 6.45) is 38.0. The molecule has 10 nitrogen and oxygen atoms in total. The summed E-state index contributed by atoms with van der Waals surface area (Å²) in [6, 6.07) is 0. The summed E-state index contributed by atoms with van der Waals surface area (Å²) in [4.78, 5) is 25.3. The second-order valence-corrected chi connectivity index (χ2v) is 15.1. The van der Waals surface area contributed by atoms with E-state index in [9.17, 15) is 30.0 Å². The number of aliphatic hydroxyl groups excluding tert-OH is 4. The van der Waals surface area contributed by atoms with E-state index in [0.29, 0.717) is 12.8 Å². The molecule has 328 valence electrons. The van der Waals surface area contributed by atoms with Gasteiger partial charge in [0.2, 0.25) is 0 Å². The van der Waals surface area contributed by atoms with E-state index in [4.69, 9.17) is 18.9 Å². The summed E-state index contributed by atoms with van der Waals surface area (Å²) in [5.74, 6) is -0.866. The lowest BCUT2D eigenvalue weighted by atomic mass is 9.99. The molecule has 0 aromatic rings. The molecule has 0 aromatic carbocycles. The molecule has 0 bridgehead atoms. The van der Waals surface area contributed by atoms with Gasteiger partial charge in [0, 0.05) is 12.8 Å². The van der Waals surface area contributed by atoms with E-state index < -0.39 is 55.4 Å². The summed E-state index contributed by atoms with van der Waals surface area (Å²) < 4.78 is 22.1. The van der Waals surface area contributed by atoms with Crippen LogP contribution < -0.4 is 0 Å². The maximum absolute atomic E-state index is 12.8. The Labute approximate surface area is 345 Å². The Bertz CT molecular complexity index is 1110. The van der Waals surface area contributed by atoms with Crippen LogP contribution in [0.2, 0.25) is 0 Å². The molecule has 0 amide bonds. The molecule has 6 atom stereocenters. The highest BCUT2D eigenvalue weighted by molar-refractivity contribution is 5.70. The number of hydrogen-bond donors (Lipinski definition) is 4. The van der Waals surface area contributed by atoms with E-state index in [-0.39, 0.29) is 26.1 Å². The van der Waals surface area contributed by atoms with Crippen LogP contribution in [0.5, 0.6) is 0 Å². The van der Waals surface area contributed by atoms with Crippen molar-refractivity contribution in [1.29, 1.82) is 0 Å². The highest BCUT2D eigenvalue weighted by Gasteiger charge is 2.44. The predicted molar refractivity (Wildman–Crippen MR) is 228 cm³/mol. The number of hydrogen-bond acceptors (Lipinski definition) is 10. The number of aliphatic hydroxyl groups is 4. The van der Waals surface area contributed by atoms with Gasteiger partial charge in [-0.25, -0.2) is 0 Å². The number of allylic oxidation sites excluding steroid dienone is 10. The van der Waals surface area contributed by atoms with E-state index >= 15 is 0 Å². The van der Waals surface area contributed by atoms with Crippen molar-refractivity contribution in [1.82, 2.24) is 0 Å². The zero-order valence-electron chi connectivity index (χ0n) is 35.6. The molecule has 4 N–H and O–H groups in total. The van der Waals surface area contributed by atoms with Crippen molar-refractivity contribution in [2.24, 2.45) is 0 Å². The predicted octanol–water partition coefficient (Wildman–Crippen LogP) is 9.44. The number of unbranched alkanes of at least 4 members (excludes halogenated alkanes) is 15. The average molecular weight is 805 g/mol. The van der Waals surface area contributed by atoms with Gasteiger partial charge in [-0.1, -0.05) is 132 Å². The van der Waals surface area contributed by atoms with Crippen LogP contribution in [0.1, 0.15) is 168 Å². The van der Waals surface area contributed by atoms with Gasteiger partial charge < -0.3 is 39.4 Å². The van der Waals surface area contributed by atoms with Crippen LogP contribution in [0.25, 0.3) is 0 Å².